The zero-order valence-corrected chi connectivity index (χ0v) is 12.1. The summed E-state index contributed by atoms with van der Waals surface area (Å²) >= 11 is 0. The Kier molecular flexibility index (Phi) is 6.49. The topological polar surface area (TPSA) is 46.2 Å². The van der Waals surface area contributed by atoms with E-state index in [1.54, 1.807) is 6.92 Å². The molecule has 0 heterocycles. The SMILES string of the molecule is CCCNC(CCCS(=O)(=O)CC)C1CCC1. The molecule has 1 N–H and O–H groups in total. The van der Waals surface area contributed by atoms with E-state index in [9.17, 15) is 8.42 Å². The molecule has 102 valence electrons. The van der Waals surface area contributed by atoms with Gasteiger partial charge >= 0.3 is 0 Å². The van der Waals surface area contributed by atoms with Crippen LogP contribution in [-0.4, -0.2) is 32.5 Å². The minimum atomic E-state index is -2.78. The second kappa shape index (κ2) is 7.37. The second-order valence-corrected chi connectivity index (χ2v) is 7.60. The van der Waals surface area contributed by atoms with Crippen molar-refractivity contribution < 1.29 is 8.42 Å². The van der Waals surface area contributed by atoms with Crippen LogP contribution in [0.4, 0.5) is 0 Å². The van der Waals surface area contributed by atoms with Gasteiger partial charge in [0, 0.05) is 11.8 Å². The van der Waals surface area contributed by atoms with Crippen molar-refractivity contribution >= 4 is 9.84 Å². The van der Waals surface area contributed by atoms with Crippen LogP contribution in [0.2, 0.25) is 0 Å². The smallest absolute Gasteiger partial charge is 0.150 e. The molecule has 1 aliphatic carbocycles. The summed E-state index contributed by atoms with van der Waals surface area (Å²) in [5, 5.41) is 3.58. The van der Waals surface area contributed by atoms with Crippen molar-refractivity contribution in [2.24, 2.45) is 5.92 Å². The lowest BCUT2D eigenvalue weighted by Crippen LogP contribution is -2.40. The van der Waals surface area contributed by atoms with E-state index in [2.05, 4.69) is 12.2 Å². The minimum Gasteiger partial charge on any atom is -0.314 e. The van der Waals surface area contributed by atoms with Gasteiger partial charge < -0.3 is 5.32 Å². The molecule has 1 unspecified atom stereocenters. The van der Waals surface area contributed by atoms with Crippen LogP contribution in [0.15, 0.2) is 0 Å². The van der Waals surface area contributed by atoms with Crippen molar-refractivity contribution in [1.29, 1.82) is 0 Å². The van der Waals surface area contributed by atoms with Gasteiger partial charge in [0.25, 0.3) is 0 Å². The molecule has 0 saturated heterocycles. The van der Waals surface area contributed by atoms with Gasteiger partial charge in [-0.15, -0.1) is 0 Å². The van der Waals surface area contributed by atoms with E-state index < -0.39 is 9.84 Å². The molecular weight excluding hydrogens is 234 g/mol. The van der Waals surface area contributed by atoms with Crippen molar-refractivity contribution in [3.8, 4) is 0 Å². The zero-order valence-electron chi connectivity index (χ0n) is 11.2. The molecule has 0 bridgehead atoms. The lowest BCUT2D eigenvalue weighted by Gasteiger charge is -2.34. The number of hydrogen-bond donors (Lipinski definition) is 1. The molecule has 0 aromatic heterocycles. The number of sulfone groups is 1. The van der Waals surface area contributed by atoms with E-state index in [-0.39, 0.29) is 5.75 Å². The van der Waals surface area contributed by atoms with Crippen LogP contribution >= 0.6 is 0 Å². The van der Waals surface area contributed by atoms with Crippen molar-refractivity contribution in [2.75, 3.05) is 18.1 Å². The highest BCUT2D eigenvalue weighted by Crippen LogP contribution is 2.31. The molecule has 1 rings (SSSR count). The zero-order chi connectivity index (χ0) is 12.7. The lowest BCUT2D eigenvalue weighted by molar-refractivity contribution is 0.219. The molecule has 0 spiro atoms. The molecule has 1 saturated carbocycles. The Morgan fingerprint density at radius 1 is 1.29 bits per heavy atom. The molecule has 0 aromatic carbocycles. The van der Waals surface area contributed by atoms with Crippen LogP contribution in [0.3, 0.4) is 0 Å². The molecule has 0 radical (unpaired) electrons. The first-order valence-corrected chi connectivity index (χ1v) is 8.85. The quantitative estimate of drug-likeness (QED) is 0.693. The normalized spacial score (nSPS) is 18.9. The first-order chi connectivity index (χ1) is 8.09. The molecule has 1 atom stereocenters. The standard InChI is InChI=1S/C13H27NO2S/c1-3-10-14-13(12-7-5-8-12)9-6-11-17(15,16)4-2/h12-14H,3-11H2,1-2H3. The van der Waals surface area contributed by atoms with E-state index in [1.165, 1.54) is 19.3 Å². The predicted molar refractivity (Wildman–Crippen MR) is 73.0 cm³/mol. The Hall–Kier alpha value is -0.0900. The Labute approximate surface area is 106 Å². The van der Waals surface area contributed by atoms with Crippen molar-refractivity contribution in [2.45, 2.75) is 58.4 Å². The van der Waals surface area contributed by atoms with Crippen LogP contribution < -0.4 is 5.32 Å². The maximum Gasteiger partial charge on any atom is 0.150 e. The molecular formula is C13H27NO2S. The summed E-state index contributed by atoms with van der Waals surface area (Å²) in [6.07, 6.45) is 6.97. The molecule has 3 nitrogen and oxygen atoms in total. The van der Waals surface area contributed by atoms with Gasteiger partial charge in [-0.05, 0) is 44.6 Å². The largest absolute Gasteiger partial charge is 0.314 e. The van der Waals surface area contributed by atoms with Gasteiger partial charge in [0.05, 0.1) is 5.75 Å². The third kappa shape index (κ3) is 5.38. The highest BCUT2D eigenvalue weighted by Gasteiger charge is 2.26. The van der Waals surface area contributed by atoms with Gasteiger partial charge in [-0.1, -0.05) is 20.3 Å². The highest BCUT2D eigenvalue weighted by atomic mass is 32.2. The van der Waals surface area contributed by atoms with Gasteiger partial charge in [-0.25, -0.2) is 8.42 Å². The van der Waals surface area contributed by atoms with Crippen LogP contribution in [0, 0.1) is 5.92 Å². The van der Waals surface area contributed by atoms with Crippen LogP contribution in [-0.2, 0) is 9.84 Å². The summed E-state index contributed by atoms with van der Waals surface area (Å²) in [4.78, 5) is 0. The molecule has 17 heavy (non-hydrogen) atoms. The first kappa shape index (κ1) is 15.0. The maximum absolute atomic E-state index is 11.4. The van der Waals surface area contributed by atoms with Crippen LogP contribution in [0.25, 0.3) is 0 Å². The maximum atomic E-state index is 11.4. The Morgan fingerprint density at radius 3 is 2.47 bits per heavy atom. The van der Waals surface area contributed by atoms with Gasteiger partial charge in [-0.2, -0.15) is 0 Å². The number of rotatable bonds is 9. The molecule has 1 aliphatic rings. The highest BCUT2D eigenvalue weighted by molar-refractivity contribution is 7.91. The summed E-state index contributed by atoms with van der Waals surface area (Å²) in [5.74, 6) is 1.44. The van der Waals surface area contributed by atoms with E-state index in [1.807, 2.05) is 0 Å². The fourth-order valence-corrected chi connectivity index (χ4v) is 3.24. The third-order valence-corrected chi connectivity index (χ3v) is 5.58. The van der Waals surface area contributed by atoms with Gasteiger partial charge in [0.15, 0.2) is 0 Å². The van der Waals surface area contributed by atoms with Gasteiger partial charge in [0.2, 0.25) is 0 Å². The summed E-state index contributed by atoms with van der Waals surface area (Å²) < 4.78 is 22.9. The van der Waals surface area contributed by atoms with E-state index in [0.717, 1.165) is 31.7 Å². The Balaban J connectivity index is 2.28. The number of hydrogen-bond acceptors (Lipinski definition) is 3. The molecule has 4 heteroatoms. The third-order valence-electron chi connectivity index (χ3n) is 3.79. The Bertz CT molecular complexity index is 297. The summed E-state index contributed by atoms with van der Waals surface area (Å²) in [7, 11) is -2.78. The minimum absolute atomic E-state index is 0.281. The van der Waals surface area contributed by atoms with Crippen LogP contribution in [0.1, 0.15) is 52.4 Å². The fraction of sp³-hybridized carbons (Fsp3) is 1.00. The lowest BCUT2D eigenvalue weighted by atomic mass is 9.78. The van der Waals surface area contributed by atoms with E-state index in [4.69, 9.17) is 0 Å². The van der Waals surface area contributed by atoms with E-state index >= 15 is 0 Å². The molecule has 0 amide bonds. The van der Waals surface area contributed by atoms with Crippen molar-refractivity contribution in [3.63, 3.8) is 0 Å². The number of nitrogens with one attached hydrogen (secondary N) is 1. The van der Waals surface area contributed by atoms with Crippen LogP contribution in [0.5, 0.6) is 0 Å². The summed E-state index contributed by atoms with van der Waals surface area (Å²) in [6.45, 7) is 4.96. The second-order valence-electron chi connectivity index (χ2n) is 5.13. The predicted octanol–water partition coefficient (Wildman–Crippen LogP) is 2.37. The van der Waals surface area contributed by atoms with E-state index in [0.29, 0.717) is 11.8 Å². The first-order valence-electron chi connectivity index (χ1n) is 7.03. The van der Waals surface area contributed by atoms with Crippen molar-refractivity contribution in [3.05, 3.63) is 0 Å². The molecule has 0 aliphatic heterocycles. The summed E-state index contributed by atoms with van der Waals surface area (Å²) in [6, 6.07) is 0.552. The average molecular weight is 261 g/mol. The summed E-state index contributed by atoms with van der Waals surface area (Å²) in [5.41, 5.74) is 0. The van der Waals surface area contributed by atoms with Gasteiger partial charge in [0.1, 0.15) is 9.84 Å². The molecule has 0 aromatic rings. The van der Waals surface area contributed by atoms with Gasteiger partial charge in [-0.3, -0.25) is 0 Å². The fourth-order valence-electron chi connectivity index (χ4n) is 2.34. The monoisotopic (exact) mass is 261 g/mol. The molecule has 1 fully saturated rings. The Morgan fingerprint density at radius 2 is 2.00 bits per heavy atom. The van der Waals surface area contributed by atoms with Crippen molar-refractivity contribution in [1.82, 2.24) is 5.32 Å². The average Bonchev–Trinajstić information content (AvgIpc) is 2.23.